The quantitative estimate of drug-likeness (QED) is 0.751. The molecule has 0 heterocycles. The summed E-state index contributed by atoms with van der Waals surface area (Å²) in [7, 11) is 0. The summed E-state index contributed by atoms with van der Waals surface area (Å²) in [6.07, 6.45) is 0. The minimum Gasteiger partial charge on any atom is -0.508 e. The van der Waals surface area contributed by atoms with E-state index in [9.17, 15) is 4.79 Å². The van der Waals surface area contributed by atoms with E-state index in [-0.39, 0.29) is 11.7 Å². The van der Waals surface area contributed by atoms with E-state index in [1.807, 2.05) is 6.07 Å². The Labute approximate surface area is 86.8 Å². The molecule has 0 aliphatic heterocycles. The van der Waals surface area contributed by atoms with Gasteiger partial charge in [0.05, 0.1) is 5.92 Å². The number of benzene rings is 1. The van der Waals surface area contributed by atoms with Gasteiger partial charge < -0.3 is 10.2 Å². The van der Waals surface area contributed by atoms with Gasteiger partial charge in [-0.2, -0.15) is 0 Å². The van der Waals surface area contributed by atoms with Crippen LogP contribution in [0.15, 0.2) is 29.2 Å². The van der Waals surface area contributed by atoms with E-state index in [0.29, 0.717) is 5.75 Å². The van der Waals surface area contributed by atoms with Gasteiger partial charge in [0, 0.05) is 10.6 Å². The molecule has 76 valence electrons. The molecule has 0 saturated heterocycles. The highest BCUT2D eigenvalue weighted by Crippen LogP contribution is 2.23. The molecule has 3 nitrogen and oxygen atoms in total. The normalized spacial score (nSPS) is 12.4. The molecule has 14 heavy (non-hydrogen) atoms. The van der Waals surface area contributed by atoms with Gasteiger partial charge in [-0.1, -0.05) is 13.0 Å². The number of carbonyl (C=O) groups is 1. The number of phenols is 1. The molecular formula is C10H12O3S. The van der Waals surface area contributed by atoms with E-state index in [1.165, 1.54) is 11.8 Å². The Kier molecular flexibility index (Phi) is 3.83. The molecule has 0 spiro atoms. The fourth-order valence-electron chi connectivity index (χ4n) is 0.866. The van der Waals surface area contributed by atoms with E-state index in [2.05, 4.69) is 0 Å². The summed E-state index contributed by atoms with van der Waals surface area (Å²) in [5, 5.41) is 17.8. The molecule has 1 unspecified atom stereocenters. The van der Waals surface area contributed by atoms with Gasteiger partial charge >= 0.3 is 5.97 Å². The van der Waals surface area contributed by atoms with E-state index >= 15 is 0 Å². The zero-order chi connectivity index (χ0) is 10.6. The summed E-state index contributed by atoms with van der Waals surface area (Å²) in [4.78, 5) is 11.4. The third-order valence-corrected chi connectivity index (χ3v) is 2.99. The van der Waals surface area contributed by atoms with E-state index in [1.54, 1.807) is 25.1 Å². The van der Waals surface area contributed by atoms with Crippen LogP contribution < -0.4 is 0 Å². The number of thioether (sulfide) groups is 1. The van der Waals surface area contributed by atoms with Gasteiger partial charge in [-0.15, -0.1) is 11.8 Å². The maximum atomic E-state index is 10.5. The average molecular weight is 212 g/mol. The number of carboxylic acids is 1. The maximum Gasteiger partial charge on any atom is 0.307 e. The molecule has 0 aliphatic rings. The molecule has 0 fully saturated rings. The fraction of sp³-hybridized carbons (Fsp3) is 0.300. The van der Waals surface area contributed by atoms with Crippen LogP contribution in [0.1, 0.15) is 6.92 Å². The first-order valence-corrected chi connectivity index (χ1v) is 5.23. The average Bonchev–Trinajstić information content (AvgIpc) is 2.14. The molecule has 1 rings (SSSR count). The van der Waals surface area contributed by atoms with Crippen molar-refractivity contribution in [3.8, 4) is 5.75 Å². The van der Waals surface area contributed by atoms with Crippen LogP contribution in [-0.4, -0.2) is 21.9 Å². The summed E-state index contributed by atoms with van der Waals surface area (Å²) < 4.78 is 0. The number of carboxylic acid groups (broad SMARTS) is 1. The van der Waals surface area contributed by atoms with E-state index in [0.717, 1.165) is 4.90 Å². The second-order valence-corrected chi connectivity index (χ2v) is 4.14. The molecule has 1 aromatic carbocycles. The summed E-state index contributed by atoms with van der Waals surface area (Å²) in [6, 6.07) is 6.80. The van der Waals surface area contributed by atoms with Gasteiger partial charge in [0.15, 0.2) is 0 Å². The van der Waals surface area contributed by atoms with Gasteiger partial charge in [0.1, 0.15) is 5.75 Å². The Morgan fingerprint density at radius 2 is 2.29 bits per heavy atom. The van der Waals surface area contributed by atoms with Crippen molar-refractivity contribution in [2.24, 2.45) is 5.92 Å². The van der Waals surface area contributed by atoms with Crippen LogP contribution in [0.5, 0.6) is 5.75 Å². The van der Waals surface area contributed by atoms with Crippen LogP contribution in [0.3, 0.4) is 0 Å². The number of hydrogen-bond donors (Lipinski definition) is 2. The zero-order valence-corrected chi connectivity index (χ0v) is 8.62. The Bertz CT molecular complexity index is 325. The van der Waals surface area contributed by atoms with Crippen molar-refractivity contribution in [1.82, 2.24) is 0 Å². The van der Waals surface area contributed by atoms with Crippen molar-refractivity contribution >= 4 is 17.7 Å². The maximum absolute atomic E-state index is 10.5. The molecule has 1 atom stereocenters. The first-order chi connectivity index (χ1) is 6.59. The van der Waals surface area contributed by atoms with Crippen molar-refractivity contribution in [3.63, 3.8) is 0 Å². The number of hydrogen-bond acceptors (Lipinski definition) is 3. The van der Waals surface area contributed by atoms with Gasteiger partial charge in [-0.05, 0) is 18.2 Å². The van der Waals surface area contributed by atoms with Crippen LogP contribution in [0.25, 0.3) is 0 Å². The van der Waals surface area contributed by atoms with Crippen LogP contribution in [-0.2, 0) is 4.79 Å². The van der Waals surface area contributed by atoms with Gasteiger partial charge in [0.25, 0.3) is 0 Å². The van der Waals surface area contributed by atoms with Crippen molar-refractivity contribution in [1.29, 1.82) is 0 Å². The van der Waals surface area contributed by atoms with E-state index < -0.39 is 5.97 Å². The number of aromatic hydroxyl groups is 1. The predicted molar refractivity (Wildman–Crippen MR) is 55.6 cm³/mol. The van der Waals surface area contributed by atoms with Crippen molar-refractivity contribution in [2.75, 3.05) is 5.75 Å². The Morgan fingerprint density at radius 3 is 2.86 bits per heavy atom. The smallest absolute Gasteiger partial charge is 0.307 e. The monoisotopic (exact) mass is 212 g/mol. The lowest BCUT2D eigenvalue weighted by Gasteiger charge is -2.05. The first-order valence-electron chi connectivity index (χ1n) is 4.24. The molecule has 0 radical (unpaired) electrons. The number of aliphatic carboxylic acids is 1. The Balaban J connectivity index is 2.49. The summed E-state index contributed by atoms with van der Waals surface area (Å²) in [6.45, 7) is 1.66. The number of rotatable bonds is 4. The molecule has 0 aromatic heterocycles. The van der Waals surface area contributed by atoms with Crippen LogP contribution >= 0.6 is 11.8 Å². The molecule has 0 aliphatic carbocycles. The Morgan fingerprint density at radius 1 is 1.57 bits per heavy atom. The molecule has 1 aromatic rings. The highest BCUT2D eigenvalue weighted by Gasteiger charge is 2.10. The minimum atomic E-state index is -0.794. The second kappa shape index (κ2) is 4.91. The highest BCUT2D eigenvalue weighted by atomic mass is 32.2. The summed E-state index contributed by atoms with van der Waals surface area (Å²) in [5.41, 5.74) is 0. The van der Waals surface area contributed by atoms with E-state index in [4.69, 9.17) is 10.2 Å². The van der Waals surface area contributed by atoms with Gasteiger partial charge in [-0.25, -0.2) is 0 Å². The lowest BCUT2D eigenvalue weighted by atomic mass is 10.2. The summed E-state index contributed by atoms with van der Waals surface area (Å²) >= 11 is 1.43. The SMILES string of the molecule is CC(CSc1cccc(O)c1)C(=O)O. The van der Waals surface area contributed by atoms with Crippen molar-refractivity contribution in [2.45, 2.75) is 11.8 Å². The van der Waals surface area contributed by atoms with Gasteiger partial charge in [-0.3, -0.25) is 4.79 Å². The molecule has 2 N–H and O–H groups in total. The molecule has 0 amide bonds. The van der Waals surface area contributed by atoms with Crippen molar-refractivity contribution in [3.05, 3.63) is 24.3 Å². The molecule has 0 bridgehead atoms. The van der Waals surface area contributed by atoms with Crippen LogP contribution in [0.2, 0.25) is 0 Å². The fourth-order valence-corrected chi connectivity index (χ4v) is 1.83. The first kappa shape index (κ1) is 10.9. The molecular weight excluding hydrogens is 200 g/mol. The number of phenolic OH excluding ortho intramolecular Hbond substituents is 1. The standard InChI is InChI=1S/C10H12O3S/c1-7(10(12)13)6-14-9-4-2-3-8(11)5-9/h2-5,7,11H,6H2,1H3,(H,12,13). The van der Waals surface area contributed by atoms with Gasteiger partial charge in [0.2, 0.25) is 0 Å². The highest BCUT2D eigenvalue weighted by molar-refractivity contribution is 7.99. The molecule has 4 heteroatoms. The third-order valence-electron chi connectivity index (χ3n) is 1.74. The third kappa shape index (κ3) is 3.30. The topological polar surface area (TPSA) is 57.5 Å². The zero-order valence-electron chi connectivity index (χ0n) is 7.80. The summed E-state index contributed by atoms with van der Waals surface area (Å²) in [5.74, 6) is -0.448. The van der Waals surface area contributed by atoms with Crippen molar-refractivity contribution < 1.29 is 15.0 Å². The predicted octanol–water partition coefficient (Wildman–Crippen LogP) is 2.20. The lowest BCUT2D eigenvalue weighted by Crippen LogP contribution is -2.11. The minimum absolute atomic E-state index is 0.206. The molecule has 0 saturated carbocycles. The van der Waals surface area contributed by atoms with Crippen LogP contribution in [0, 0.1) is 5.92 Å². The lowest BCUT2D eigenvalue weighted by molar-refractivity contribution is -0.140. The largest absolute Gasteiger partial charge is 0.508 e. The Hall–Kier alpha value is -1.16. The van der Waals surface area contributed by atoms with Crippen LogP contribution in [0.4, 0.5) is 0 Å². The second-order valence-electron chi connectivity index (χ2n) is 3.05.